The summed E-state index contributed by atoms with van der Waals surface area (Å²) in [5.74, 6) is 5.01. The van der Waals surface area contributed by atoms with Crippen molar-refractivity contribution in [3.8, 4) is 0 Å². The van der Waals surface area contributed by atoms with E-state index in [1.807, 2.05) is 13.0 Å². The number of allylic oxidation sites excluding steroid dienone is 3. The maximum atomic E-state index is 5.01. The number of hydrogen-bond donors (Lipinski definition) is 1. The Labute approximate surface area is 68.7 Å². The summed E-state index contributed by atoms with van der Waals surface area (Å²) in [6.07, 6.45) is 3.56. The first-order valence-corrected chi connectivity index (χ1v) is 3.53. The van der Waals surface area contributed by atoms with Gasteiger partial charge in [-0.1, -0.05) is 12.7 Å². The molecule has 0 radical (unpaired) electrons. The molecule has 0 aromatic heterocycles. The van der Waals surface area contributed by atoms with E-state index in [1.165, 1.54) is 0 Å². The number of hydrogen-bond acceptors (Lipinski definition) is 2. The predicted octanol–water partition coefficient (Wildman–Crippen LogP) is 1.83. The van der Waals surface area contributed by atoms with Crippen LogP contribution in [0, 0.1) is 0 Å². The molecule has 0 aliphatic carbocycles. The van der Waals surface area contributed by atoms with Gasteiger partial charge >= 0.3 is 0 Å². The van der Waals surface area contributed by atoms with E-state index < -0.39 is 0 Å². The molecule has 0 bridgehead atoms. The normalized spacial score (nSPS) is 13.6. The molecule has 3 heteroatoms. The van der Waals surface area contributed by atoms with E-state index in [1.54, 1.807) is 6.08 Å². The highest BCUT2D eigenvalue weighted by Crippen LogP contribution is 2.06. The molecule has 0 rings (SSSR count). The van der Waals surface area contributed by atoms with E-state index >= 15 is 0 Å². The molecule has 0 amide bonds. The van der Waals surface area contributed by atoms with Crippen molar-refractivity contribution in [1.29, 1.82) is 0 Å². The standard InChI is InChI=1S/C6H9IN2/c1-3-4-6(7)5(2)9-8/h3-4H,1,8H2,2H3/b6-4+,9-5-. The van der Waals surface area contributed by atoms with Gasteiger partial charge in [0.15, 0.2) is 0 Å². The molecule has 0 saturated heterocycles. The number of halogens is 1. The fraction of sp³-hybridized carbons (Fsp3) is 0.167. The second-order valence-electron chi connectivity index (χ2n) is 1.46. The Morgan fingerprint density at radius 1 is 1.78 bits per heavy atom. The number of rotatable bonds is 2. The summed E-state index contributed by atoms with van der Waals surface area (Å²) in [5.41, 5.74) is 0.829. The third kappa shape index (κ3) is 3.29. The molecular formula is C6H9IN2. The molecule has 0 heterocycles. The molecule has 0 aliphatic heterocycles. The Morgan fingerprint density at radius 2 is 2.33 bits per heavy atom. The van der Waals surface area contributed by atoms with Crippen LogP contribution in [0.5, 0.6) is 0 Å². The van der Waals surface area contributed by atoms with Crippen LogP contribution in [0.3, 0.4) is 0 Å². The minimum absolute atomic E-state index is 0.829. The van der Waals surface area contributed by atoms with Crippen LogP contribution >= 0.6 is 22.6 Å². The molecular weight excluding hydrogens is 227 g/mol. The molecule has 0 fully saturated rings. The average molecular weight is 236 g/mol. The third-order valence-corrected chi connectivity index (χ3v) is 1.94. The molecule has 0 unspecified atom stereocenters. The highest BCUT2D eigenvalue weighted by Gasteiger charge is 1.91. The van der Waals surface area contributed by atoms with Gasteiger partial charge in [-0.15, -0.1) is 0 Å². The number of nitrogens with two attached hydrogens (primary N) is 1. The van der Waals surface area contributed by atoms with Gasteiger partial charge in [0.1, 0.15) is 0 Å². The van der Waals surface area contributed by atoms with Crippen molar-refractivity contribution in [1.82, 2.24) is 0 Å². The van der Waals surface area contributed by atoms with Crippen LogP contribution in [0.4, 0.5) is 0 Å². The van der Waals surface area contributed by atoms with E-state index in [-0.39, 0.29) is 0 Å². The maximum absolute atomic E-state index is 5.01. The van der Waals surface area contributed by atoms with Gasteiger partial charge in [0.2, 0.25) is 0 Å². The van der Waals surface area contributed by atoms with E-state index in [9.17, 15) is 0 Å². The molecule has 0 aromatic rings. The lowest BCUT2D eigenvalue weighted by Gasteiger charge is -1.91. The Bertz CT molecular complexity index is 158. The van der Waals surface area contributed by atoms with Crippen molar-refractivity contribution in [3.05, 3.63) is 22.3 Å². The molecule has 2 N–H and O–H groups in total. The maximum Gasteiger partial charge on any atom is 0.0702 e. The minimum Gasteiger partial charge on any atom is -0.323 e. The molecule has 0 aromatic carbocycles. The monoisotopic (exact) mass is 236 g/mol. The van der Waals surface area contributed by atoms with Gasteiger partial charge in [-0.05, 0) is 35.6 Å². The van der Waals surface area contributed by atoms with Crippen molar-refractivity contribution in [3.63, 3.8) is 0 Å². The first kappa shape index (κ1) is 8.68. The van der Waals surface area contributed by atoms with E-state index in [2.05, 4.69) is 34.3 Å². The summed E-state index contributed by atoms with van der Waals surface area (Å²) >= 11 is 2.15. The summed E-state index contributed by atoms with van der Waals surface area (Å²) < 4.78 is 1.02. The lowest BCUT2D eigenvalue weighted by atomic mass is 10.4. The van der Waals surface area contributed by atoms with E-state index in [0.29, 0.717) is 0 Å². The topological polar surface area (TPSA) is 38.4 Å². The van der Waals surface area contributed by atoms with Gasteiger partial charge in [0.25, 0.3) is 0 Å². The van der Waals surface area contributed by atoms with Crippen LogP contribution in [0.2, 0.25) is 0 Å². The summed E-state index contributed by atoms with van der Waals surface area (Å²) in [7, 11) is 0. The highest BCUT2D eigenvalue weighted by atomic mass is 127. The fourth-order valence-electron chi connectivity index (χ4n) is 0.286. The van der Waals surface area contributed by atoms with Crippen LogP contribution in [-0.4, -0.2) is 5.71 Å². The quantitative estimate of drug-likeness (QED) is 0.256. The van der Waals surface area contributed by atoms with Crippen molar-refractivity contribution in [2.24, 2.45) is 10.9 Å². The van der Waals surface area contributed by atoms with Crippen LogP contribution < -0.4 is 5.84 Å². The zero-order valence-corrected chi connectivity index (χ0v) is 7.42. The summed E-state index contributed by atoms with van der Waals surface area (Å²) in [5, 5.41) is 3.50. The zero-order chi connectivity index (χ0) is 7.28. The smallest absolute Gasteiger partial charge is 0.0702 e. The Hall–Kier alpha value is -0.320. The van der Waals surface area contributed by atoms with Gasteiger partial charge in [-0.2, -0.15) is 5.10 Å². The largest absolute Gasteiger partial charge is 0.323 e. The highest BCUT2D eigenvalue weighted by molar-refractivity contribution is 14.1. The SMILES string of the molecule is C=C/C=C(I)\C(C)=N/N. The summed E-state index contributed by atoms with van der Waals surface area (Å²) in [6, 6.07) is 0. The molecule has 2 nitrogen and oxygen atoms in total. The van der Waals surface area contributed by atoms with Crippen molar-refractivity contribution in [2.75, 3.05) is 0 Å². The molecule has 0 atom stereocenters. The van der Waals surface area contributed by atoms with Crippen LogP contribution in [0.1, 0.15) is 6.92 Å². The Balaban J connectivity index is 4.19. The van der Waals surface area contributed by atoms with Gasteiger partial charge in [-0.3, -0.25) is 0 Å². The fourth-order valence-corrected chi connectivity index (χ4v) is 0.679. The lowest BCUT2D eigenvalue weighted by molar-refractivity contribution is 1.24. The summed E-state index contributed by atoms with van der Waals surface area (Å²) in [6.45, 7) is 5.39. The van der Waals surface area contributed by atoms with Gasteiger partial charge in [0.05, 0.1) is 5.71 Å². The molecule has 50 valence electrons. The first-order valence-electron chi connectivity index (χ1n) is 2.45. The van der Waals surface area contributed by atoms with Crippen molar-refractivity contribution < 1.29 is 0 Å². The summed E-state index contributed by atoms with van der Waals surface area (Å²) in [4.78, 5) is 0. The van der Waals surface area contributed by atoms with Crippen molar-refractivity contribution >= 4 is 28.3 Å². The van der Waals surface area contributed by atoms with Gasteiger partial charge in [0, 0.05) is 3.58 Å². The first-order chi connectivity index (χ1) is 4.22. The Morgan fingerprint density at radius 3 is 2.67 bits per heavy atom. The van der Waals surface area contributed by atoms with Crippen LogP contribution in [-0.2, 0) is 0 Å². The molecule has 0 saturated carbocycles. The van der Waals surface area contributed by atoms with Crippen LogP contribution in [0.15, 0.2) is 27.4 Å². The average Bonchev–Trinajstić information content (AvgIpc) is 1.87. The van der Waals surface area contributed by atoms with Gasteiger partial charge in [-0.25, -0.2) is 0 Å². The van der Waals surface area contributed by atoms with Crippen molar-refractivity contribution in [2.45, 2.75) is 6.92 Å². The second-order valence-corrected chi connectivity index (χ2v) is 2.63. The van der Waals surface area contributed by atoms with Crippen LogP contribution in [0.25, 0.3) is 0 Å². The molecule has 0 aliphatic rings. The number of hydrazone groups is 1. The van der Waals surface area contributed by atoms with Gasteiger partial charge < -0.3 is 5.84 Å². The zero-order valence-electron chi connectivity index (χ0n) is 5.26. The van der Waals surface area contributed by atoms with E-state index in [4.69, 9.17) is 5.84 Å². The molecule has 0 spiro atoms. The minimum atomic E-state index is 0.829. The lowest BCUT2D eigenvalue weighted by Crippen LogP contribution is -1.94. The predicted molar refractivity (Wildman–Crippen MR) is 49.6 cm³/mol. The van der Waals surface area contributed by atoms with E-state index in [0.717, 1.165) is 9.29 Å². The molecule has 9 heavy (non-hydrogen) atoms. The third-order valence-electron chi connectivity index (χ3n) is 0.803. The Kier molecular flexibility index (Phi) is 4.39. The number of nitrogens with zero attached hydrogens (tertiary/aromatic N) is 1. The second kappa shape index (κ2) is 4.55.